The van der Waals surface area contributed by atoms with Gasteiger partial charge in [-0.05, 0) is 38.1 Å². The van der Waals surface area contributed by atoms with Crippen molar-refractivity contribution in [3.63, 3.8) is 0 Å². The van der Waals surface area contributed by atoms with Gasteiger partial charge in [-0.3, -0.25) is 14.7 Å². The van der Waals surface area contributed by atoms with E-state index in [1.807, 2.05) is 38.4 Å². The van der Waals surface area contributed by atoms with E-state index in [-0.39, 0.29) is 11.9 Å². The molecule has 0 aliphatic heterocycles. The molecule has 0 saturated carbocycles. The van der Waals surface area contributed by atoms with Gasteiger partial charge in [0.25, 0.3) is 0 Å². The van der Waals surface area contributed by atoms with Crippen LogP contribution in [-0.2, 0) is 11.3 Å². The number of amides is 1. The Bertz CT molecular complexity index is 585. The molecule has 0 aliphatic carbocycles. The average Bonchev–Trinajstić information content (AvgIpc) is 2.92. The quantitative estimate of drug-likeness (QED) is 0.891. The Morgan fingerprint density at radius 3 is 2.86 bits per heavy atom. The molecule has 0 aromatic carbocycles. The molecular formula is C15H20N4OS. The summed E-state index contributed by atoms with van der Waals surface area (Å²) >= 11 is 1.43. The summed E-state index contributed by atoms with van der Waals surface area (Å²) in [5, 5.41) is 5.36. The van der Waals surface area contributed by atoms with Crippen LogP contribution < -0.4 is 5.32 Å². The molecule has 0 unspecified atom stereocenters. The van der Waals surface area contributed by atoms with Gasteiger partial charge < -0.3 is 5.32 Å². The number of rotatable bonds is 6. The van der Waals surface area contributed by atoms with Crippen LogP contribution in [0.15, 0.2) is 29.9 Å². The van der Waals surface area contributed by atoms with E-state index in [1.54, 1.807) is 12.4 Å². The standard InChI is InChI=1S/C15H20N4OS/c1-4-13(14(20)18-15-17-7-8-21-15)19(3)10-12-5-6-16-11(2)9-12/h5-9,13H,4,10H2,1-3H3,(H,17,18,20)/t13-/m0/s1. The van der Waals surface area contributed by atoms with E-state index in [4.69, 9.17) is 0 Å². The van der Waals surface area contributed by atoms with Crippen LogP contribution in [-0.4, -0.2) is 33.9 Å². The summed E-state index contributed by atoms with van der Waals surface area (Å²) in [4.78, 5) is 22.7. The van der Waals surface area contributed by atoms with Crippen molar-refractivity contribution in [3.8, 4) is 0 Å². The Balaban J connectivity index is 2.00. The van der Waals surface area contributed by atoms with Gasteiger partial charge in [-0.25, -0.2) is 4.98 Å². The van der Waals surface area contributed by atoms with Gasteiger partial charge in [-0.15, -0.1) is 11.3 Å². The number of aromatic nitrogens is 2. The molecule has 2 heterocycles. The maximum Gasteiger partial charge on any atom is 0.243 e. The molecule has 0 aliphatic rings. The molecule has 2 rings (SSSR count). The van der Waals surface area contributed by atoms with Gasteiger partial charge in [0.1, 0.15) is 0 Å². The van der Waals surface area contributed by atoms with E-state index in [1.165, 1.54) is 11.3 Å². The van der Waals surface area contributed by atoms with Crippen molar-refractivity contribution < 1.29 is 4.79 Å². The maximum atomic E-state index is 12.3. The average molecular weight is 304 g/mol. The summed E-state index contributed by atoms with van der Waals surface area (Å²) < 4.78 is 0. The van der Waals surface area contributed by atoms with Crippen LogP contribution >= 0.6 is 11.3 Å². The topological polar surface area (TPSA) is 58.1 Å². The lowest BCUT2D eigenvalue weighted by atomic mass is 10.1. The predicted octanol–water partition coefficient (Wildman–Crippen LogP) is 2.70. The minimum absolute atomic E-state index is 0.0132. The van der Waals surface area contributed by atoms with Crippen molar-refractivity contribution in [1.29, 1.82) is 0 Å². The molecule has 6 heteroatoms. The molecule has 0 spiro atoms. The molecule has 0 bridgehead atoms. The summed E-state index contributed by atoms with van der Waals surface area (Å²) in [6.07, 6.45) is 4.23. The first-order valence-corrected chi connectivity index (χ1v) is 7.80. The van der Waals surface area contributed by atoms with E-state index >= 15 is 0 Å². The smallest absolute Gasteiger partial charge is 0.243 e. The highest BCUT2D eigenvalue weighted by Crippen LogP contribution is 2.14. The number of likely N-dealkylation sites (N-methyl/N-ethyl adjacent to an activating group) is 1. The molecule has 2 aromatic heterocycles. The Morgan fingerprint density at radius 1 is 1.43 bits per heavy atom. The van der Waals surface area contributed by atoms with Gasteiger partial charge in [-0.1, -0.05) is 6.92 Å². The Hall–Kier alpha value is -1.79. The number of anilines is 1. The molecule has 21 heavy (non-hydrogen) atoms. The van der Waals surface area contributed by atoms with Crippen LogP contribution in [0.2, 0.25) is 0 Å². The third-order valence-electron chi connectivity index (χ3n) is 3.28. The van der Waals surface area contributed by atoms with E-state index in [2.05, 4.69) is 20.2 Å². The number of carbonyl (C=O) groups excluding carboxylic acids is 1. The van der Waals surface area contributed by atoms with E-state index in [0.717, 1.165) is 17.7 Å². The molecule has 112 valence electrons. The van der Waals surface area contributed by atoms with Gasteiger partial charge in [-0.2, -0.15) is 0 Å². The monoisotopic (exact) mass is 304 g/mol. The molecule has 1 atom stereocenters. The summed E-state index contributed by atoms with van der Waals surface area (Å²) in [6.45, 7) is 4.70. The fourth-order valence-corrected chi connectivity index (χ4v) is 2.80. The first kappa shape index (κ1) is 15.6. The zero-order valence-corrected chi connectivity index (χ0v) is 13.4. The number of carbonyl (C=O) groups is 1. The van der Waals surface area contributed by atoms with Crippen LogP contribution in [0.4, 0.5) is 5.13 Å². The molecule has 2 aromatic rings. The van der Waals surface area contributed by atoms with Crippen molar-refractivity contribution in [2.75, 3.05) is 12.4 Å². The second-order valence-corrected chi connectivity index (χ2v) is 5.87. The molecular weight excluding hydrogens is 284 g/mol. The number of pyridine rings is 1. The van der Waals surface area contributed by atoms with Crippen LogP contribution in [0.25, 0.3) is 0 Å². The van der Waals surface area contributed by atoms with E-state index < -0.39 is 0 Å². The minimum atomic E-state index is -0.178. The molecule has 0 radical (unpaired) electrons. The number of thiazole rings is 1. The summed E-state index contributed by atoms with van der Waals surface area (Å²) in [7, 11) is 1.96. The summed E-state index contributed by atoms with van der Waals surface area (Å²) in [5.74, 6) is -0.0132. The van der Waals surface area contributed by atoms with Crippen LogP contribution in [0, 0.1) is 6.92 Å². The highest BCUT2D eigenvalue weighted by Gasteiger charge is 2.22. The summed E-state index contributed by atoms with van der Waals surface area (Å²) in [6, 6.07) is 3.85. The molecule has 1 N–H and O–H groups in total. The summed E-state index contributed by atoms with van der Waals surface area (Å²) in [5.41, 5.74) is 2.15. The number of aryl methyl sites for hydroxylation is 1. The third-order valence-corrected chi connectivity index (χ3v) is 3.97. The first-order valence-electron chi connectivity index (χ1n) is 6.92. The van der Waals surface area contributed by atoms with Crippen LogP contribution in [0.3, 0.4) is 0 Å². The lowest BCUT2D eigenvalue weighted by molar-refractivity contribution is -0.121. The van der Waals surface area contributed by atoms with Gasteiger partial charge in [0.2, 0.25) is 5.91 Å². The van der Waals surface area contributed by atoms with Gasteiger partial charge in [0, 0.05) is 30.0 Å². The van der Waals surface area contributed by atoms with Crippen molar-refractivity contribution in [2.45, 2.75) is 32.9 Å². The first-order chi connectivity index (χ1) is 10.1. The van der Waals surface area contributed by atoms with Gasteiger partial charge >= 0.3 is 0 Å². The maximum absolute atomic E-state index is 12.3. The number of nitrogens with zero attached hydrogens (tertiary/aromatic N) is 3. The van der Waals surface area contributed by atoms with Crippen molar-refractivity contribution in [2.24, 2.45) is 0 Å². The largest absolute Gasteiger partial charge is 0.301 e. The van der Waals surface area contributed by atoms with Gasteiger partial charge in [0.05, 0.1) is 6.04 Å². The fraction of sp³-hybridized carbons (Fsp3) is 0.400. The van der Waals surface area contributed by atoms with E-state index in [9.17, 15) is 4.79 Å². The third kappa shape index (κ3) is 4.34. The van der Waals surface area contributed by atoms with E-state index in [0.29, 0.717) is 11.7 Å². The number of hydrogen-bond donors (Lipinski definition) is 1. The highest BCUT2D eigenvalue weighted by molar-refractivity contribution is 7.13. The van der Waals surface area contributed by atoms with Crippen molar-refractivity contribution in [3.05, 3.63) is 41.2 Å². The predicted molar refractivity (Wildman–Crippen MR) is 85.3 cm³/mol. The fourth-order valence-electron chi connectivity index (χ4n) is 2.27. The molecule has 0 fully saturated rings. The number of nitrogens with one attached hydrogen (secondary N) is 1. The zero-order chi connectivity index (χ0) is 15.2. The minimum Gasteiger partial charge on any atom is -0.301 e. The molecule has 1 amide bonds. The highest BCUT2D eigenvalue weighted by atomic mass is 32.1. The molecule has 5 nitrogen and oxygen atoms in total. The lowest BCUT2D eigenvalue weighted by Crippen LogP contribution is -2.41. The SMILES string of the molecule is CC[C@@H](C(=O)Nc1nccs1)N(C)Cc1ccnc(C)c1. The Morgan fingerprint density at radius 2 is 2.24 bits per heavy atom. The second kappa shape index (κ2) is 7.28. The van der Waals surface area contributed by atoms with Crippen molar-refractivity contribution in [1.82, 2.24) is 14.9 Å². The Labute approximate surface area is 129 Å². The van der Waals surface area contributed by atoms with Crippen LogP contribution in [0.5, 0.6) is 0 Å². The Kier molecular flexibility index (Phi) is 5.41. The number of hydrogen-bond acceptors (Lipinski definition) is 5. The zero-order valence-electron chi connectivity index (χ0n) is 12.5. The van der Waals surface area contributed by atoms with Gasteiger partial charge in [0.15, 0.2) is 5.13 Å². The van der Waals surface area contributed by atoms with Crippen molar-refractivity contribution >= 4 is 22.4 Å². The van der Waals surface area contributed by atoms with Crippen LogP contribution in [0.1, 0.15) is 24.6 Å². The second-order valence-electron chi connectivity index (χ2n) is 4.97. The lowest BCUT2D eigenvalue weighted by Gasteiger charge is -2.25. The normalized spacial score (nSPS) is 12.4. The molecule has 0 saturated heterocycles.